The van der Waals surface area contributed by atoms with Gasteiger partial charge in [0.15, 0.2) is 0 Å². The van der Waals surface area contributed by atoms with Gasteiger partial charge in [-0.25, -0.2) is 9.37 Å². The van der Waals surface area contributed by atoms with Gasteiger partial charge in [0.2, 0.25) is 0 Å². The molecule has 0 saturated carbocycles. The number of nitrogens with two attached hydrogens (primary N) is 1. The Morgan fingerprint density at radius 3 is 2.78 bits per heavy atom. The largest absolute Gasteiger partial charge is 0.382 e. The van der Waals surface area contributed by atoms with Crippen LogP contribution in [-0.2, 0) is 0 Å². The molecule has 0 aliphatic rings. The first-order valence-corrected chi connectivity index (χ1v) is 5.27. The third kappa shape index (κ3) is 2.92. The van der Waals surface area contributed by atoms with E-state index in [0.29, 0.717) is 0 Å². The van der Waals surface area contributed by atoms with E-state index < -0.39 is 11.7 Å². The lowest BCUT2D eigenvalue weighted by atomic mass is 10.3. The van der Waals surface area contributed by atoms with E-state index >= 15 is 0 Å². The van der Waals surface area contributed by atoms with Crippen molar-refractivity contribution in [2.24, 2.45) is 0 Å². The summed E-state index contributed by atoms with van der Waals surface area (Å²) in [5.74, 6) is -0.965. The number of nitrogen functional groups attached to an aromatic ring is 1. The predicted molar refractivity (Wildman–Crippen MR) is 65.8 cm³/mol. The van der Waals surface area contributed by atoms with E-state index in [9.17, 15) is 9.18 Å². The summed E-state index contributed by atoms with van der Waals surface area (Å²) in [6, 6.07) is 3.70. The molecule has 7 heteroatoms. The molecule has 0 bridgehead atoms. The van der Waals surface area contributed by atoms with E-state index in [2.05, 4.69) is 15.3 Å². The fraction of sp³-hybridized carbons (Fsp3) is 0. The lowest BCUT2D eigenvalue weighted by Crippen LogP contribution is -2.14. The molecular weight excluding hydrogens is 259 g/mol. The Kier molecular flexibility index (Phi) is 3.38. The van der Waals surface area contributed by atoms with Crippen LogP contribution in [0.15, 0.2) is 30.6 Å². The number of amides is 1. The number of aromatic nitrogens is 2. The SMILES string of the molecule is Nc1cncc(C(=O)Nc2cc(F)cc(Cl)c2)n1. The van der Waals surface area contributed by atoms with E-state index in [-0.39, 0.29) is 22.2 Å². The van der Waals surface area contributed by atoms with Crippen LogP contribution >= 0.6 is 11.6 Å². The first-order chi connectivity index (χ1) is 8.54. The highest BCUT2D eigenvalue weighted by atomic mass is 35.5. The Morgan fingerprint density at radius 1 is 1.33 bits per heavy atom. The van der Waals surface area contributed by atoms with Crippen molar-refractivity contribution in [2.45, 2.75) is 0 Å². The molecule has 0 aliphatic heterocycles. The third-order valence-corrected chi connectivity index (χ3v) is 2.22. The van der Waals surface area contributed by atoms with Crippen molar-refractivity contribution in [1.29, 1.82) is 0 Å². The number of hydrogen-bond donors (Lipinski definition) is 2. The Balaban J connectivity index is 2.21. The van der Waals surface area contributed by atoms with Crippen molar-refractivity contribution in [3.63, 3.8) is 0 Å². The summed E-state index contributed by atoms with van der Waals surface area (Å²) >= 11 is 5.67. The Labute approximate surface area is 107 Å². The third-order valence-electron chi connectivity index (χ3n) is 2.01. The summed E-state index contributed by atoms with van der Waals surface area (Å²) in [5, 5.41) is 2.63. The molecule has 92 valence electrons. The van der Waals surface area contributed by atoms with Crippen molar-refractivity contribution in [2.75, 3.05) is 11.1 Å². The van der Waals surface area contributed by atoms with Gasteiger partial charge < -0.3 is 11.1 Å². The minimum atomic E-state index is -0.545. The van der Waals surface area contributed by atoms with Crippen LogP contribution in [0, 0.1) is 5.82 Å². The van der Waals surface area contributed by atoms with Crippen molar-refractivity contribution < 1.29 is 9.18 Å². The van der Waals surface area contributed by atoms with Crippen molar-refractivity contribution in [3.8, 4) is 0 Å². The molecule has 0 saturated heterocycles. The normalized spacial score (nSPS) is 10.1. The van der Waals surface area contributed by atoms with Gasteiger partial charge in [-0.05, 0) is 18.2 Å². The van der Waals surface area contributed by atoms with Crippen LogP contribution in [0.1, 0.15) is 10.5 Å². The van der Waals surface area contributed by atoms with Crippen LogP contribution in [0.3, 0.4) is 0 Å². The molecular formula is C11H8ClFN4O. The molecule has 1 heterocycles. The van der Waals surface area contributed by atoms with Crippen molar-refractivity contribution in [1.82, 2.24) is 9.97 Å². The van der Waals surface area contributed by atoms with Gasteiger partial charge in [-0.2, -0.15) is 0 Å². The second kappa shape index (κ2) is 4.97. The number of benzene rings is 1. The highest BCUT2D eigenvalue weighted by Gasteiger charge is 2.09. The number of carbonyl (C=O) groups is 1. The maximum absolute atomic E-state index is 13.1. The van der Waals surface area contributed by atoms with Crippen LogP contribution in [0.2, 0.25) is 5.02 Å². The maximum atomic E-state index is 13.1. The van der Waals surface area contributed by atoms with E-state index in [1.54, 1.807) is 0 Å². The number of hydrogen-bond acceptors (Lipinski definition) is 4. The summed E-state index contributed by atoms with van der Waals surface area (Å²) in [4.78, 5) is 19.3. The molecule has 1 aromatic heterocycles. The number of halogens is 2. The molecule has 5 nitrogen and oxygen atoms in total. The van der Waals surface area contributed by atoms with Gasteiger partial charge in [0.05, 0.1) is 12.4 Å². The van der Waals surface area contributed by atoms with Crippen molar-refractivity contribution in [3.05, 3.63) is 47.1 Å². The van der Waals surface area contributed by atoms with Gasteiger partial charge in [0, 0.05) is 10.7 Å². The molecule has 0 radical (unpaired) electrons. The molecule has 2 rings (SSSR count). The van der Waals surface area contributed by atoms with Gasteiger partial charge in [-0.3, -0.25) is 9.78 Å². The van der Waals surface area contributed by atoms with Crippen molar-refractivity contribution >= 4 is 29.0 Å². The van der Waals surface area contributed by atoms with Gasteiger partial charge >= 0.3 is 0 Å². The van der Waals surface area contributed by atoms with E-state index in [1.807, 2.05) is 0 Å². The zero-order valence-corrected chi connectivity index (χ0v) is 9.78. The monoisotopic (exact) mass is 266 g/mol. The van der Waals surface area contributed by atoms with Crippen LogP contribution < -0.4 is 11.1 Å². The molecule has 3 N–H and O–H groups in total. The standard InChI is InChI=1S/C11H8ClFN4O/c12-6-1-7(13)3-8(2-6)16-11(18)9-4-15-5-10(14)17-9/h1-5H,(H2,14,17)(H,16,18). The van der Waals surface area contributed by atoms with Gasteiger partial charge in [-0.1, -0.05) is 11.6 Å². The first kappa shape index (κ1) is 12.3. The Morgan fingerprint density at radius 2 is 2.11 bits per heavy atom. The second-order valence-corrected chi connectivity index (χ2v) is 3.88. The minimum absolute atomic E-state index is 0.0374. The number of anilines is 2. The smallest absolute Gasteiger partial charge is 0.275 e. The van der Waals surface area contributed by atoms with Gasteiger partial charge in [0.25, 0.3) is 5.91 Å². The summed E-state index contributed by atoms with van der Waals surface area (Å²) in [6.07, 6.45) is 2.57. The zero-order valence-electron chi connectivity index (χ0n) is 9.02. The zero-order chi connectivity index (χ0) is 13.1. The number of carbonyl (C=O) groups excluding carboxylic acids is 1. The van der Waals surface area contributed by atoms with E-state index in [0.717, 1.165) is 12.1 Å². The fourth-order valence-corrected chi connectivity index (χ4v) is 1.53. The van der Waals surface area contributed by atoms with Crippen LogP contribution in [0.5, 0.6) is 0 Å². The number of nitrogens with zero attached hydrogens (tertiary/aromatic N) is 2. The van der Waals surface area contributed by atoms with Gasteiger partial charge in [-0.15, -0.1) is 0 Å². The molecule has 0 aliphatic carbocycles. The molecule has 0 fully saturated rings. The second-order valence-electron chi connectivity index (χ2n) is 3.44. The molecule has 1 aromatic carbocycles. The predicted octanol–water partition coefficient (Wildman–Crippen LogP) is 2.10. The summed E-state index contributed by atoms with van der Waals surface area (Å²) in [7, 11) is 0. The fourth-order valence-electron chi connectivity index (χ4n) is 1.31. The highest BCUT2D eigenvalue weighted by molar-refractivity contribution is 6.31. The van der Waals surface area contributed by atoms with E-state index in [4.69, 9.17) is 17.3 Å². The molecule has 0 atom stereocenters. The van der Waals surface area contributed by atoms with Gasteiger partial charge in [0.1, 0.15) is 17.3 Å². The number of rotatable bonds is 2. The first-order valence-electron chi connectivity index (χ1n) is 4.89. The van der Waals surface area contributed by atoms with Crippen LogP contribution in [0.25, 0.3) is 0 Å². The topological polar surface area (TPSA) is 80.9 Å². The van der Waals surface area contributed by atoms with E-state index in [1.165, 1.54) is 18.5 Å². The quantitative estimate of drug-likeness (QED) is 0.872. The Bertz CT molecular complexity index is 585. The molecule has 0 spiro atoms. The lowest BCUT2D eigenvalue weighted by Gasteiger charge is -2.05. The lowest BCUT2D eigenvalue weighted by molar-refractivity contribution is 0.102. The maximum Gasteiger partial charge on any atom is 0.275 e. The molecule has 18 heavy (non-hydrogen) atoms. The molecule has 1 amide bonds. The molecule has 0 unspecified atom stereocenters. The minimum Gasteiger partial charge on any atom is -0.382 e. The summed E-state index contributed by atoms with van der Waals surface area (Å²) in [5.41, 5.74) is 5.67. The van der Waals surface area contributed by atoms with Crippen LogP contribution in [-0.4, -0.2) is 15.9 Å². The average Bonchev–Trinajstić information content (AvgIpc) is 2.27. The molecule has 2 aromatic rings. The summed E-state index contributed by atoms with van der Waals surface area (Å²) in [6.45, 7) is 0. The van der Waals surface area contributed by atoms with Crippen LogP contribution in [0.4, 0.5) is 15.9 Å². The Hall–Kier alpha value is -2.21. The highest BCUT2D eigenvalue weighted by Crippen LogP contribution is 2.18. The summed E-state index contributed by atoms with van der Waals surface area (Å²) < 4.78 is 13.1. The number of nitrogens with one attached hydrogen (secondary N) is 1. The average molecular weight is 267 g/mol.